The summed E-state index contributed by atoms with van der Waals surface area (Å²) in [6.45, 7) is 0.616. The zero-order valence-corrected chi connectivity index (χ0v) is 11.5. The van der Waals surface area contributed by atoms with E-state index in [0.717, 1.165) is 11.8 Å². The lowest BCUT2D eigenvalue weighted by Crippen LogP contribution is -2.25. The zero-order chi connectivity index (χ0) is 12.7. The van der Waals surface area contributed by atoms with Gasteiger partial charge in [-0.15, -0.1) is 0 Å². The molecule has 0 spiro atoms. The first-order chi connectivity index (χ1) is 8.24. The van der Waals surface area contributed by atoms with Crippen LogP contribution in [0.15, 0.2) is 18.2 Å². The molecule has 4 nitrogen and oxygen atoms in total. The summed E-state index contributed by atoms with van der Waals surface area (Å²) >= 11 is 3.31. The fourth-order valence-electron chi connectivity index (χ4n) is 1.43. The van der Waals surface area contributed by atoms with Gasteiger partial charge in [0.15, 0.2) is 0 Å². The minimum Gasteiger partial charge on any atom is -0.496 e. The molecular formula is C12H16BrNO3. The number of carbonyl (C=O) groups excluding carboxylic acids is 1. The minimum atomic E-state index is -0.180. The standard InChI is InChI=1S/C12H16BrNO3/c1-16-9-5-3-6-10(17-2)11(9)12(15)14-8-4-7-13/h3,5-6H,4,7-8H2,1-2H3,(H,14,15). The van der Waals surface area contributed by atoms with E-state index in [9.17, 15) is 4.79 Å². The van der Waals surface area contributed by atoms with Gasteiger partial charge in [0.2, 0.25) is 0 Å². The average molecular weight is 302 g/mol. The van der Waals surface area contributed by atoms with Crippen LogP contribution < -0.4 is 14.8 Å². The van der Waals surface area contributed by atoms with Crippen LogP contribution in [0.4, 0.5) is 0 Å². The van der Waals surface area contributed by atoms with Gasteiger partial charge in [-0.2, -0.15) is 0 Å². The molecule has 0 bridgehead atoms. The highest BCUT2D eigenvalue weighted by atomic mass is 79.9. The van der Waals surface area contributed by atoms with Gasteiger partial charge in [-0.1, -0.05) is 22.0 Å². The van der Waals surface area contributed by atoms with Gasteiger partial charge in [-0.3, -0.25) is 4.79 Å². The summed E-state index contributed by atoms with van der Waals surface area (Å²) in [4.78, 5) is 12.0. The Bertz CT molecular complexity index is 360. The molecule has 1 N–H and O–H groups in total. The van der Waals surface area contributed by atoms with Gasteiger partial charge in [-0.25, -0.2) is 0 Å². The number of hydrogen-bond donors (Lipinski definition) is 1. The summed E-state index contributed by atoms with van der Waals surface area (Å²) in [5, 5.41) is 3.68. The molecule has 17 heavy (non-hydrogen) atoms. The molecule has 0 heterocycles. The Morgan fingerprint density at radius 2 is 1.88 bits per heavy atom. The average Bonchev–Trinajstić information content (AvgIpc) is 2.37. The normalized spacial score (nSPS) is 9.82. The fourth-order valence-corrected chi connectivity index (χ4v) is 1.71. The van der Waals surface area contributed by atoms with E-state index in [1.807, 2.05) is 0 Å². The Kier molecular flexibility index (Phi) is 5.83. The topological polar surface area (TPSA) is 47.6 Å². The van der Waals surface area contributed by atoms with Crippen molar-refractivity contribution in [2.24, 2.45) is 0 Å². The largest absolute Gasteiger partial charge is 0.496 e. The molecule has 1 amide bonds. The van der Waals surface area contributed by atoms with Crippen LogP contribution in [0.1, 0.15) is 16.8 Å². The predicted octanol–water partition coefficient (Wildman–Crippen LogP) is 2.22. The minimum absolute atomic E-state index is 0.180. The van der Waals surface area contributed by atoms with Crippen molar-refractivity contribution >= 4 is 21.8 Å². The molecule has 0 radical (unpaired) electrons. The molecule has 0 aliphatic rings. The van der Waals surface area contributed by atoms with Gasteiger partial charge in [0.05, 0.1) is 14.2 Å². The maximum atomic E-state index is 12.0. The van der Waals surface area contributed by atoms with E-state index >= 15 is 0 Å². The smallest absolute Gasteiger partial charge is 0.258 e. The van der Waals surface area contributed by atoms with E-state index in [1.165, 1.54) is 14.2 Å². The predicted molar refractivity (Wildman–Crippen MR) is 70.3 cm³/mol. The Morgan fingerprint density at radius 3 is 2.35 bits per heavy atom. The second-order valence-electron chi connectivity index (χ2n) is 3.34. The molecule has 1 aromatic carbocycles. The van der Waals surface area contributed by atoms with E-state index < -0.39 is 0 Å². The summed E-state index contributed by atoms with van der Waals surface area (Å²) < 4.78 is 10.3. The van der Waals surface area contributed by atoms with Crippen LogP contribution >= 0.6 is 15.9 Å². The highest BCUT2D eigenvalue weighted by Gasteiger charge is 2.17. The van der Waals surface area contributed by atoms with Gasteiger partial charge >= 0.3 is 0 Å². The lowest BCUT2D eigenvalue weighted by Gasteiger charge is -2.12. The first-order valence-electron chi connectivity index (χ1n) is 5.29. The first-order valence-corrected chi connectivity index (χ1v) is 6.42. The van der Waals surface area contributed by atoms with Crippen LogP contribution in [0.2, 0.25) is 0 Å². The van der Waals surface area contributed by atoms with Crippen molar-refractivity contribution in [3.63, 3.8) is 0 Å². The Labute approximate surface area is 109 Å². The Hall–Kier alpha value is -1.23. The van der Waals surface area contributed by atoms with E-state index in [4.69, 9.17) is 9.47 Å². The number of nitrogens with one attached hydrogen (secondary N) is 1. The molecule has 0 saturated heterocycles. The highest BCUT2D eigenvalue weighted by molar-refractivity contribution is 9.09. The quantitative estimate of drug-likeness (QED) is 0.647. The summed E-state index contributed by atoms with van der Waals surface area (Å²) in [5.41, 5.74) is 0.437. The molecule has 94 valence electrons. The summed E-state index contributed by atoms with van der Waals surface area (Å²) in [7, 11) is 3.06. The van der Waals surface area contributed by atoms with E-state index in [2.05, 4.69) is 21.2 Å². The fraction of sp³-hybridized carbons (Fsp3) is 0.417. The van der Waals surface area contributed by atoms with Gasteiger partial charge < -0.3 is 14.8 Å². The van der Waals surface area contributed by atoms with Crippen LogP contribution in [0.3, 0.4) is 0 Å². The van der Waals surface area contributed by atoms with Gasteiger partial charge in [0.25, 0.3) is 5.91 Å². The van der Waals surface area contributed by atoms with Crippen LogP contribution in [0.5, 0.6) is 11.5 Å². The second-order valence-corrected chi connectivity index (χ2v) is 4.13. The highest BCUT2D eigenvalue weighted by Crippen LogP contribution is 2.27. The van der Waals surface area contributed by atoms with Gasteiger partial charge in [0, 0.05) is 11.9 Å². The molecule has 0 saturated carbocycles. The Morgan fingerprint density at radius 1 is 1.29 bits per heavy atom. The van der Waals surface area contributed by atoms with Crippen LogP contribution in [0, 0.1) is 0 Å². The number of ether oxygens (including phenoxy) is 2. The van der Waals surface area contributed by atoms with Gasteiger partial charge in [0.1, 0.15) is 17.1 Å². The molecular weight excluding hydrogens is 286 g/mol. The van der Waals surface area contributed by atoms with Crippen molar-refractivity contribution in [2.75, 3.05) is 26.1 Å². The maximum absolute atomic E-state index is 12.0. The number of halogens is 1. The number of alkyl halides is 1. The van der Waals surface area contributed by atoms with Crippen molar-refractivity contribution in [3.05, 3.63) is 23.8 Å². The van der Waals surface area contributed by atoms with Crippen molar-refractivity contribution in [2.45, 2.75) is 6.42 Å². The molecule has 0 aromatic heterocycles. The molecule has 1 rings (SSSR count). The first kappa shape index (κ1) is 13.8. The summed E-state index contributed by atoms with van der Waals surface area (Å²) in [6.07, 6.45) is 0.878. The molecule has 5 heteroatoms. The zero-order valence-electron chi connectivity index (χ0n) is 9.96. The number of rotatable bonds is 6. The number of methoxy groups -OCH3 is 2. The van der Waals surface area contributed by atoms with Crippen LogP contribution in [-0.4, -0.2) is 32.0 Å². The number of hydrogen-bond acceptors (Lipinski definition) is 3. The molecule has 0 aliphatic heterocycles. The lowest BCUT2D eigenvalue weighted by molar-refractivity contribution is 0.0947. The molecule has 0 fully saturated rings. The molecule has 0 atom stereocenters. The van der Waals surface area contributed by atoms with Crippen molar-refractivity contribution in [1.82, 2.24) is 5.32 Å². The van der Waals surface area contributed by atoms with E-state index in [1.54, 1.807) is 18.2 Å². The van der Waals surface area contributed by atoms with Crippen molar-refractivity contribution in [3.8, 4) is 11.5 Å². The van der Waals surface area contributed by atoms with Crippen LogP contribution in [0.25, 0.3) is 0 Å². The number of benzene rings is 1. The van der Waals surface area contributed by atoms with Crippen molar-refractivity contribution in [1.29, 1.82) is 0 Å². The van der Waals surface area contributed by atoms with E-state index in [0.29, 0.717) is 23.6 Å². The third-order valence-electron chi connectivity index (χ3n) is 2.25. The van der Waals surface area contributed by atoms with E-state index in [-0.39, 0.29) is 5.91 Å². The van der Waals surface area contributed by atoms with Crippen LogP contribution in [-0.2, 0) is 0 Å². The second kappa shape index (κ2) is 7.17. The summed E-state index contributed by atoms with van der Waals surface area (Å²) in [5.74, 6) is 0.849. The molecule has 1 aromatic rings. The molecule has 0 unspecified atom stereocenters. The third-order valence-corrected chi connectivity index (χ3v) is 2.81. The third kappa shape index (κ3) is 3.63. The monoisotopic (exact) mass is 301 g/mol. The maximum Gasteiger partial charge on any atom is 0.258 e. The van der Waals surface area contributed by atoms with Gasteiger partial charge in [-0.05, 0) is 18.6 Å². The molecule has 0 aliphatic carbocycles. The number of amides is 1. The number of carbonyl (C=O) groups is 1. The summed E-state index contributed by atoms with van der Waals surface area (Å²) in [6, 6.07) is 5.26. The lowest BCUT2D eigenvalue weighted by atomic mass is 10.1. The van der Waals surface area contributed by atoms with Crippen molar-refractivity contribution < 1.29 is 14.3 Å². The Balaban J connectivity index is 2.89. The SMILES string of the molecule is COc1cccc(OC)c1C(=O)NCCCBr.